The number of nitrogens with one attached hydrogen (secondary N) is 1. The van der Waals surface area contributed by atoms with E-state index in [1.54, 1.807) is 36.5 Å². The average Bonchev–Trinajstić information content (AvgIpc) is 2.62. The maximum absolute atomic E-state index is 12.6. The van der Waals surface area contributed by atoms with Crippen molar-refractivity contribution in [3.63, 3.8) is 0 Å². The van der Waals surface area contributed by atoms with Crippen molar-refractivity contribution in [3.8, 4) is 11.4 Å². The van der Waals surface area contributed by atoms with Crippen LogP contribution in [0, 0.1) is 0 Å². The van der Waals surface area contributed by atoms with Gasteiger partial charge in [-0.25, -0.2) is 4.98 Å². The molecule has 1 amide bonds. The number of amides is 1. The van der Waals surface area contributed by atoms with Gasteiger partial charge in [0.15, 0.2) is 0 Å². The molecule has 1 N–H and O–H groups in total. The molecule has 23 heavy (non-hydrogen) atoms. The first kappa shape index (κ1) is 15.7. The molecule has 6 nitrogen and oxygen atoms in total. The lowest BCUT2D eigenvalue weighted by Crippen LogP contribution is -2.41. The Morgan fingerprint density at radius 1 is 1.35 bits per heavy atom. The van der Waals surface area contributed by atoms with Crippen LogP contribution < -0.4 is 5.56 Å². The number of aromatic nitrogens is 3. The number of aromatic amines is 1. The van der Waals surface area contributed by atoms with E-state index in [2.05, 4.69) is 15.0 Å². The van der Waals surface area contributed by atoms with Gasteiger partial charge in [0.2, 0.25) is 0 Å². The molecule has 0 spiro atoms. The predicted molar refractivity (Wildman–Crippen MR) is 90.5 cm³/mol. The van der Waals surface area contributed by atoms with Gasteiger partial charge in [-0.2, -0.15) is 11.8 Å². The van der Waals surface area contributed by atoms with Crippen molar-refractivity contribution in [3.05, 3.63) is 46.6 Å². The molecule has 1 saturated heterocycles. The molecule has 3 rings (SSSR count). The highest BCUT2D eigenvalue weighted by atomic mass is 32.2. The van der Waals surface area contributed by atoms with Gasteiger partial charge in [0.1, 0.15) is 11.4 Å². The van der Waals surface area contributed by atoms with E-state index in [4.69, 9.17) is 0 Å². The first-order valence-corrected chi connectivity index (χ1v) is 8.67. The van der Waals surface area contributed by atoms with Gasteiger partial charge in [-0.1, -0.05) is 0 Å². The highest BCUT2D eigenvalue weighted by Crippen LogP contribution is 2.21. The number of hydrogen-bond donors (Lipinski definition) is 1. The Kier molecular flexibility index (Phi) is 4.76. The molecular formula is C16H18N4O2S. The van der Waals surface area contributed by atoms with Gasteiger partial charge in [0.05, 0.1) is 0 Å². The van der Waals surface area contributed by atoms with E-state index >= 15 is 0 Å². The summed E-state index contributed by atoms with van der Waals surface area (Å²) < 4.78 is 0. The van der Waals surface area contributed by atoms with Gasteiger partial charge in [-0.15, -0.1) is 0 Å². The molecule has 0 aromatic carbocycles. The van der Waals surface area contributed by atoms with E-state index in [9.17, 15) is 9.59 Å². The minimum Gasteiger partial charge on any atom is -0.338 e. The van der Waals surface area contributed by atoms with Crippen molar-refractivity contribution in [2.75, 3.05) is 18.6 Å². The summed E-state index contributed by atoms with van der Waals surface area (Å²) >= 11 is 1.90. The summed E-state index contributed by atoms with van der Waals surface area (Å²) in [6.07, 6.45) is 6.55. The number of H-pyrrole nitrogens is 1. The van der Waals surface area contributed by atoms with Crippen LogP contribution in [0.1, 0.15) is 23.2 Å². The maximum atomic E-state index is 12.6. The zero-order valence-corrected chi connectivity index (χ0v) is 13.7. The van der Waals surface area contributed by atoms with Crippen LogP contribution in [0.2, 0.25) is 0 Å². The van der Waals surface area contributed by atoms with Crippen molar-refractivity contribution in [1.82, 2.24) is 19.9 Å². The van der Waals surface area contributed by atoms with Crippen LogP contribution in [0.4, 0.5) is 0 Å². The highest BCUT2D eigenvalue weighted by Gasteiger charge is 2.25. The molecule has 0 bridgehead atoms. The summed E-state index contributed by atoms with van der Waals surface area (Å²) in [6.45, 7) is 0. The number of rotatable bonds is 3. The topological polar surface area (TPSA) is 79.0 Å². The minimum atomic E-state index is -0.416. The summed E-state index contributed by atoms with van der Waals surface area (Å²) in [4.78, 5) is 37.4. The monoisotopic (exact) mass is 330 g/mol. The molecule has 0 aliphatic carbocycles. The van der Waals surface area contributed by atoms with Gasteiger partial charge >= 0.3 is 0 Å². The van der Waals surface area contributed by atoms with Crippen LogP contribution in [-0.2, 0) is 0 Å². The van der Waals surface area contributed by atoms with E-state index in [1.807, 2.05) is 11.8 Å². The first-order valence-electron chi connectivity index (χ1n) is 7.51. The summed E-state index contributed by atoms with van der Waals surface area (Å²) in [5.41, 5.74) is 0.375. The van der Waals surface area contributed by atoms with Gasteiger partial charge in [0.25, 0.3) is 11.5 Å². The maximum Gasteiger partial charge on any atom is 0.264 e. The second kappa shape index (κ2) is 6.95. The molecule has 0 radical (unpaired) electrons. The summed E-state index contributed by atoms with van der Waals surface area (Å²) in [7, 11) is 1.76. The van der Waals surface area contributed by atoms with Crippen molar-refractivity contribution in [2.24, 2.45) is 0 Å². The number of nitrogens with zero attached hydrogens (tertiary/aromatic N) is 3. The van der Waals surface area contributed by atoms with E-state index < -0.39 is 5.56 Å². The van der Waals surface area contributed by atoms with Gasteiger partial charge in [-0.3, -0.25) is 14.6 Å². The fourth-order valence-corrected chi connectivity index (χ4v) is 3.71. The lowest BCUT2D eigenvalue weighted by Gasteiger charge is -2.30. The number of hydrogen-bond acceptors (Lipinski definition) is 5. The standard InChI is InChI=1S/C16H18N4O2S/c1-20(12-4-7-23-8-5-12)16(22)13-10-18-14(19-15(13)21)11-3-2-6-17-9-11/h2-3,6,9-10,12H,4-5,7-8H2,1H3,(H,18,19,21). The van der Waals surface area contributed by atoms with E-state index in [0.29, 0.717) is 11.4 Å². The summed E-state index contributed by atoms with van der Waals surface area (Å²) in [6, 6.07) is 3.77. The summed E-state index contributed by atoms with van der Waals surface area (Å²) in [5.74, 6) is 2.25. The van der Waals surface area contributed by atoms with E-state index in [0.717, 1.165) is 24.3 Å². The molecule has 0 saturated carbocycles. The SMILES string of the molecule is CN(C(=O)c1cnc(-c2cccnc2)[nH]c1=O)C1CCSCC1. The second-order valence-electron chi connectivity index (χ2n) is 5.48. The van der Waals surface area contributed by atoms with Crippen molar-refractivity contribution in [1.29, 1.82) is 0 Å². The third-order valence-electron chi connectivity index (χ3n) is 4.02. The molecule has 3 heterocycles. The molecule has 7 heteroatoms. The second-order valence-corrected chi connectivity index (χ2v) is 6.70. The molecular weight excluding hydrogens is 312 g/mol. The smallest absolute Gasteiger partial charge is 0.264 e. The van der Waals surface area contributed by atoms with Gasteiger partial charge in [-0.05, 0) is 36.5 Å². The van der Waals surface area contributed by atoms with Crippen LogP contribution in [0.15, 0.2) is 35.5 Å². The molecule has 2 aromatic rings. The van der Waals surface area contributed by atoms with Crippen LogP contribution >= 0.6 is 11.8 Å². The normalized spacial score (nSPS) is 15.3. The quantitative estimate of drug-likeness (QED) is 0.928. The third-order valence-corrected chi connectivity index (χ3v) is 5.07. The zero-order chi connectivity index (χ0) is 16.2. The van der Waals surface area contributed by atoms with Crippen LogP contribution in [0.3, 0.4) is 0 Å². The zero-order valence-electron chi connectivity index (χ0n) is 12.9. The lowest BCUT2D eigenvalue weighted by atomic mass is 10.1. The Labute approximate surface area is 138 Å². The number of carbonyl (C=O) groups excluding carboxylic acids is 1. The Morgan fingerprint density at radius 3 is 2.78 bits per heavy atom. The van der Waals surface area contributed by atoms with Gasteiger partial charge < -0.3 is 9.88 Å². The lowest BCUT2D eigenvalue weighted by molar-refractivity contribution is 0.0721. The minimum absolute atomic E-state index is 0.0818. The van der Waals surface area contributed by atoms with E-state index in [-0.39, 0.29) is 17.5 Å². The Hall–Kier alpha value is -2.15. The van der Waals surface area contributed by atoms with Crippen LogP contribution in [-0.4, -0.2) is 50.4 Å². The van der Waals surface area contributed by atoms with Crippen molar-refractivity contribution >= 4 is 17.7 Å². The largest absolute Gasteiger partial charge is 0.338 e. The number of pyridine rings is 1. The molecule has 1 aliphatic rings. The van der Waals surface area contributed by atoms with Crippen LogP contribution in [0.25, 0.3) is 11.4 Å². The molecule has 1 aliphatic heterocycles. The molecule has 0 unspecified atom stereocenters. The fourth-order valence-electron chi connectivity index (χ4n) is 2.63. The molecule has 0 atom stereocenters. The molecule has 120 valence electrons. The summed E-state index contributed by atoms with van der Waals surface area (Å²) in [5, 5.41) is 0. The predicted octanol–water partition coefficient (Wildman–Crippen LogP) is 1.80. The fraction of sp³-hybridized carbons (Fsp3) is 0.375. The molecule has 2 aromatic heterocycles. The highest BCUT2D eigenvalue weighted by molar-refractivity contribution is 7.99. The van der Waals surface area contributed by atoms with Crippen molar-refractivity contribution < 1.29 is 4.79 Å². The van der Waals surface area contributed by atoms with E-state index in [1.165, 1.54) is 6.20 Å². The third kappa shape index (κ3) is 3.44. The Morgan fingerprint density at radius 2 is 2.13 bits per heavy atom. The Balaban J connectivity index is 1.83. The number of carbonyl (C=O) groups is 1. The average molecular weight is 330 g/mol. The number of thioether (sulfide) groups is 1. The van der Waals surface area contributed by atoms with Gasteiger partial charge in [0, 0.05) is 37.2 Å². The Bertz CT molecular complexity index is 741. The van der Waals surface area contributed by atoms with Crippen LogP contribution in [0.5, 0.6) is 0 Å². The molecule has 1 fully saturated rings. The van der Waals surface area contributed by atoms with Crippen molar-refractivity contribution in [2.45, 2.75) is 18.9 Å². The first-order chi connectivity index (χ1) is 11.2.